The van der Waals surface area contributed by atoms with E-state index in [2.05, 4.69) is 30.9 Å². The summed E-state index contributed by atoms with van der Waals surface area (Å²) in [5, 5.41) is 4.48. The molecule has 0 aromatic heterocycles. The van der Waals surface area contributed by atoms with Gasteiger partial charge in [-0.15, -0.1) is 0 Å². The van der Waals surface area contributed by atoms with Crippen LogP contribution in [-0.4, -0.2) is 36.8 Å². The van der Waals surface area contributed by atoms with Crippen molar-refractivity contribution in [1.82, 2.24) is 5.32 Å². The monoisotopic (exact) mass is 231 g/mol. The van der Waals surface area contributed by atoms with Crippen LogP contribution in [0.5, 0.6) is 0 Å². The first-order chi connectivity index (χ1) is 7.38. The van der Waals surface area contributed by atoms with Gasteiger partial charge in [-0.25, -0.2) is 0 Å². The second kappa shape index (κ2) is 8.43. The predicted octanol–water partition coefficient (Wildman–Crippen LogP) is 2.68. The minimum Gasteiger partial charge on any atom is -0.380 e. The maximum Gasteiger partial charge on any atom is 0.0591 e. The van der Waals surface area contributed by atoms with E-state index in [4.69, 9.17) is 4.74 Å². The molecule has 0 radical (unpaired) electrons. The third kappa shape index (κ3) is 5.23. The van der Waals surface area contributed by atoms with Crippen LogP contribution in [0.3, 0.4) is 0 Å². The van der Waals surface area contributed by atoms with Crippen LogP contribution in [0.1, 0.15) is 39.5 Å². The van der Waals surface area contributed by atoms with Crippen molar-refractivity contribution in [2.45, 2.75) is 50.8 Å². The molecule has 0 aromatic carbocycles. The topological polar surface area (TPSA) is 21.3 Å². The summed E-state index contributed by atoms with van der Waals surface area (Å²) < 4.78 is 5.47. The van der Waals surface area contributed by atoms with Gasteiger partial charge in [0.1, 0.15) is 0 Å². The Balaban J connectivity index is 2.03. The number of thioether (sulfide) groups is 1. The Morgan fingerprint density at radius 3 is 2.87 bits per heavy atom. The number of rotatable bonds is 8. The van der Waals surface area contributed by atoms with Gasteiger partial charge < -0.3 is 10.1 Å². The summed E-state index contributed by atoms with van der Waals surface area (Å²) in [6.45, 7) is 7.20. The molecule has 0 spiro atoms. The molecule has 3 heteroatoms. The second-order valence-electron chi connectivity index (χ2n) is 4.10. The van der Waals surface area contributed by atoms with Crippen molar-refractivity contribution in [3.63, 3.8) is 0 Å². The number of ether oxygens (including phenoxy) is 1. The lowest BCUT2D eigenvalue weighted by molar-refractivity contribution is 0.134. The summed E-state index contributed by atoms with van der Waals surface area (Å²) in [4.78, 5) is 0. The summed E-state index contributed by atoms with van der Waals surface area (Å²) in [7, 11) is 0. The quantitative estimate of drug-likeness (QED) is 0.649. The number of nitrogens with one attached hydrogen (secondary N) is 1. The van der Waals surface area contributed by atoms with Crippen molar-refractivity contribution in [3.05, 3.63) is 0 Å². The lowest BCUT2D eigenvalue weighted by Gasteiger charge is -2.20. The Bertz CT molecular complexity index is 155. The molecule has 1 rings (SSSR count). The Labute approximate surface area is 98.5 Å². The predicted molar refractivity (Wildman–Crippen MR) is 68.7 cm³/mol. The van der Waals surface area contributed by atoms with E-state index in [-0.39, 0.29) is 0 Å². The van der Waals surface area contributed by atoms with E-state index in [1.54, 1.807) is 0 Å². The van der Waals surface area contributed by atoms with Crippen LogP contribution < -0.4 is 5.32 Å². The van der Waals surface area contributed by atoms with Gasteiger partial charge in [0.15, 0.2) is 0 Å². The van der Waals surface area contributed by atoms with Gasteiger partial charge in [-0.1, -0.05) is 20.3 Å². The van der Waals surface area contributed by atoms with Gasteiger partial charge in [-0.3, -0.25) is 0 Å². The van der Waals surface area contributed by atoms with Gasteiger partial charge in [0.05, 0.1) is 6.61 Å². The Morgan fingerprint density at radius 1 is 1.27 bits per heavy atom. The van der Waals surface area contributed by atoms with E-state index in [9.17, 15) is 0 Å². The fraction of sp³-hybridized carbons (Fsp3) is 1.00. The van der Waals surface area contributed by atoms with Crippen LogP contribution in [0.15, 0.2) is 0 Å². The van der Waals surface area contributed by atoms with E-state index >= 15 is 0 Å². The molecular formula is C12H25NOS. The highest BCUT2D eigenvalue weighted by molar-refractivity contribution is 7.99. The zero-order valence-electron chi connectivity index (χ0n) is 10.1. The Hall–Kier alpha value is 0.270. The first-order valence-electron chi connectivity index (χ1n) is 6.31. The molecule has 0 heterocycles. The highest BCUT2D eigenvalue weighted by Crippen LogP contribution is 2.29. The van der Waals surface area contributed by atoms with E-state index in [1.165, 1.54) is 25.0 Å². The standard InChI is InChI=1S/C12H25NOS/c1-3-9-14-10-8-13-11-6-5-7-12(11)15-4-2/h11-13H,3-10H2,1-2H3. The highest BCUT2D eigenvalue weighted by atomic mass is 32.2. The molecule has 1 aliphatic rings. The Kier molecular flexibility index (Phi) is 7.49. The second-order valence-corrected chi connectivity index (χ2v) is 5.61. The molecule has 2 nitrogen and oxygen atoms in total. The van der Waals surface area contributed by atoms with Crippen LogP contribution in [0.4, 0.5) is 0 Å². The van der Waals surface area contributed by atoms with Gasteiger partial charge in [0, 0.05) is 24.4 Å². The molecule has 0 aromatic rings. The lowest BCUT2D eigenvalue weighted by Crippen LogP contribution is -2.36. The Morgan fingerprint density at radius 2 is 2.13 bits per heavy atom. The molecule has 0 amide bonds. The fourth-order valence-corrected chi connectivity index (χ4v) is 3.36. The molecule has 90 valence electrons. The van der Waals surface area contributed by atoms with Gasteiger partial charge in [0.25, 0.3) is 0 Å². The van der Waals surface area contributed by atoms with E-state index in [0.29, 0.717) is 0 Å². The third-order valence-corrected chi connectivity index (χ3v) is 4.16. The fourth-order valence-electron chi connectivity index (χ4n) is 2.14. The number of hydrogen-bond donors (Lipinski definition) is 1. The summed E-state index contributed by atoms with van der Waals surface area (Å²) >= 11 is 2.11. The third-order valence-electron chi connectivity index (χ3n) is 2.83. The molecule has 2 atom stereocenters. The lowest BCUT2D eigenvalue weighted by atomic mass is 10.2. The smallest absolute Gasteiger partial charge is 0.0591 e. The van der Waals surface area contributed by atoms with Crippen molar-refractivity contribution in [2.75, 3.05) is 25.5 Å². The molecule has 0 aliphatic heterocycles. The van der Waals surface area contributed by atoms with Crippen LogP contribution in [0, 0.1) is 0 Å². The summed E-state index contributed by atoms with van der Waals surface area (Å²) in [5.41, 5.74) is 0. The highest BCUT2D eigenvalue weighted by Gasteiger charge is 2.26. The van der Waals surface area contributed by atoms with E-state index < -0.39 is 0 Å². The molecule has 0 bridgehead atoms. The van der Waals surface area contributed by atoms with Crippen LogP contribution in [-0.2, 0) is 4.74 Å². The SMILES string of the molecule is CCCOCCNC1CCCC1SCC. The average molecular weight is 231 g/mol. The van der Waals surface area contributed by atoms with Crippen molar-refractivity contribution >= 4 is 11.8 Å². The maximum absolute atomic E-state index is 5.47. The number of hydrogen-bond acceptors (Lipinski definition) is 3. The minimum atomic E-state index is 0.736. The van der Waals surface area contributed by atoms with Crippen molar-refractivity contribution in [2.24, 2.45) is 0 Å². The van der Waals surface area contributed by atoms with Gasteiger partial charge in [-0.05, 0) is 25.0 Å². The molecule has 1 saturated carbocycles. The maximum atomic E-state index is 5.47. The van der Waals surface area contributed by atoms with E-state index in [1.807, 2.05) is 0 Å². The largest absolute Gasteiger partial charge is 0.380 e. The molecule has 15 heavy (non-hydrogen) atoms. The zero-order valence-corrected chi connectivity index (χ0v) is 10.9. The van der Waals surface area contributed by atoms with Crippen molar-refractivity contribution < 1.29 is 4.74 Å². The van der Waals surface area contributed by atoms with Crippen LogP contribution in [0.2, 0.25) is 0 Å². The minimum absolute atomic E-state index is 0.736. The van der Waals surface area contributed by atoms with Gasteiger partial charge in [0.2, 0.25) is 0 Å². The summed E-state index contributed by atoms with van der Waals surface area (Å²) in [6.07, 6.45) is 5.26. The molecular weight excluding hydrogens is 206 g/mol. The zero-order chi connectivity index (χ0) is 10.9. The summed E-state index contributed by atoms with van der Waals surface area (Å²) in [5.74, 6) is 1.25. The van der Waals surface area contributed by atoms with E-state index in [0.717, 1.165) is 37.5 Å². The summed E-state index contributed by atoms with van der Waals surface area (Å²) in [6, 6.07) is 0.736. The van der Waals surface area contributed by atoms with Gasteiger partial charge >= 0.3 is 0 Å². The van der Waals surface area contributed by atoms with Crippen LogP contribution in [0.25, 0.3) is 0 Å². The van der Waals surface area contributed by atoms with Crippen molar-refractivity contribution in [3.8, 4) is 0 Å². The average Bonchev–Trinajstić information content (AvgIpc) is 2.66. The van der Waals surface area contributed by atoms with Crippen LogP contribution >= 0.6 is 11.8 Å². The molecule has 1 N–H and O–H groups in total. The molecule has 1 fully saturated rings. The van der Waals surface area contributed by atoms with Crippen molar-refractivity contribution in [1.29, 1.82) is 0 Å². The van der Waals surface area contributed by atoms with Gasteiger partial charge in [-0.2, -0.15) is 11.8 Å². The molecule has 0 saturated heterocycles. The first-order valence-corrected chi connectivity index (χ1v) is 7.36. The molecule has 2 unspecified atom stereocenters. The normalized spacial score (nSPS) is 26.0. The first kappa shape index (κ1) is 13.3. The molecule has 1 aliphatic carbocycles.